The Labute approximate surface area is 215 Å². The molecule has 1 saturated carbocycles. The van der Waals surface area contributed by atoms with Gasteiger partial charge in [0.2, 0.25) is 0 Å². The lowest BCUT2D eigenvalue weighted by molar-refractivity contribution is -0.339. The summed E-state index contributed by atoms with van der Waals surface area (Å²) in [5, 5.41) is 17.7. The predicted molar refractivity (Wildman–Crippen MR) is 125 cm³/mol. The lowest BCUT2D eigenvalue weighted by Crippen LogP contribution is -2.46. The Morgan fingerprint density at radius 1 is 1.22 bits per heavy atom. The first-order chi connectivity index (χ1) is 17.6. The van der Waals surface area contributed by atoms with Gasteiger partial charge in [-0.3, -0.25) is 14.2 Å². The van der Waals surface area contributed by atoms with E-state index in [4.69, 9.17) is 16.3 Å². The maximum atomic E-state index is 13.8. The third kappa shape index (κ3) is 5.96. The van der Waals surface area contributed by atoms with Crippen LogP contribution in [0.1, 0.15) is 56.2 Å². The summed E-state index contributed by atoms with van der Waals surface area (Å²) in [4.78, 5) is 14.7. The monoisotopic (exact) mass is 546 g/mol. The number of fused-ring (bicyclic) bond motifs is 1. The van der Waals surface area contributed by atoms with Gasteiger partial charge in [0.05, 0.1) is 35.2 Å². The van der Waals surface area contributed by atoms with Crippen LogP contribution in [0.4, 0.5) is 23.2 Å². The quantitative estimate of drug-likeness (QED) is 0.545. The van der Waals surface area contributed by atoms with Crippen molar-refractivity contribution in [1.82, 2.24) is 15.1 Å². The average molecular weight is 547 g/mol. The van der Waals surface area contributed by atoms with Crippen LogP contribution in [-0.4, -0.2) is 58.5 Å². The predicted octanol–water partition coefficient (Wildman–Crippen LogP) is 4.28. The van der Waals surface area contributed by atoms with Gasteiger partial charge >= 0.3 is 6.36 Å². The number of benzene rings is 1. The Morgan fingerprint density at radius 2 is 1.97 bits per heavy atom. The van der Waals surface area contributed by atoms with Crippen LogP contribution < -0.4 is 15.0 Å². The normalized spacial score (nSPS) is 28.1. The second kappa shape index (κ2) is 10.3. The fraction of sp³-hybridized carbons (Fsp3) is 0.583. The van der Waals surface area contributed by atoms with E-state index in [0.29, 0.717) is 31.4 Å². The summed E-state index contributed by atoms with van der Waals surface area (Å²) >= 11 is 5.78. The molecule has 3 aliphatic rings. The van der Waals surface area contributed by atoms with Gasteiger partial charge < -0.3 is 20.1 Å². The minimum absolute atomic E-state index is 0.0393. The van der Waals surface area contributed by atoms with Crippen LogP contribution in [0.2, 0.25) is 5.02 Å². The van der Waals surface area contributed by atoms with E-state index in [1.54, 1.807) is 6.20 Å². The van der Waals surface area contributed by atoms with Gasteiger partial charge in [-0.2, -0.15) is 5.10 Å². The molecule has 0 bridgehead atoms. The first-order valence-electron chi connectivity index (χ1n) is 12.2. The van der Waals surface area contributed by atoms with E-state index in [1.807, 2.05) is 15.8 Å². The molecule has 3 heterocycles. The zero-order valence-corrected chi connectivity index (χ0v) is 20.5. The van der Waals surface area contributed by atoms with Crippen LogP contribution in [-0.2, 0) is 9.53 Å². The fourth-order valence-electron chi connectivity index (χ4n) is 5.32. The van der Waals surface area contributed by atoms with E-state index in [0.717, 1.165) is 24.6 Å². The molecular weight excluding hydrogens is 520 g/mol. The lowest BCUT2D eigenvalue weighted by atomic mass is 9.90. The van der Waals surface area contributed by atoms with Crippen molar-refractivity contribution in [2.45, 2.75) is 75.3 Å². The molecule has 37 heavy (non-hydrogen) atoms. The van der Waals surface area contributed by atoms with E-state index in [-0.39, 0.29) is 41.7 Å². The summed E-state index contributed by atoms with van der Waals surface area (Å²) in [5.41, 5.74) is 1.11. The molecule has 2 N–H and O–H groups in total. The van der Waals surface area contributed by atoms with Gasteiger partial charge in [0, 0.05) is 43.4 Å². The molecule has 5 rings (SSSR count). The number of amides is 1. The summed E-state index contributed by atoms with van der Waals surface area (Å²) in [7, 11) is 0. The number of nitrogens with zero attached hydrogens (tertiary/aromatic N) is 3. The van der Waals surface area contributed by atoms with Crippen LogP contribution in [0.25, 0.3) is 0 Å². The summed E-state index contributed by atoms with van der Waals surface area (Å²) in [6.45, 7) is 0.624. The molecule has 0 spiro atoms. The minimum atomic E-state index is -4.64. The van der Waals surface area contributed by atoms with E-state index in [1.165, 1.54) is 6.07 Å². The largest absolute Gasteiger partial charge is 0.522 e. The minimum Gasteiger partial charge on any atom is -0.480 e. The van der Waals surface area contributed by atoms with Crippen molar-refractivity contribution in [2.24, 2.45) is 0 Å². The Balaban J connectivity index is 1.11. The number of nitrogens with one attached hydrogen (secondary N) is 1. The molecule has 2 aliphatic heterocycles. The zero-order chi connectivity index (χ0) is 26.3. The molecular formula is C24H27ClF4N4O4. The molecule has 2 aromatic rings. The molecule has 0 radical (unpaired) electrons. The van der Waals surface area contributed by atoms with Gasteiger partial charge in [0.25, 0.3) is 5.91 Å². The third-order valence-corrected chi connectivity index (χ3v) is 7.52. The maximum absolute atomic E-state index is 13.8. The van der Waals surface area contributed by atoms with Gasteiger partial charge in [-0.1, -0.05) is 11.6 Å². The van der Waals surface area contributed by atoms with Crippen LogP contribution in [0.3, 0.4) is 0 Å². The lowest BCUT2D eigenvalue weighted by Gasteiger charge is -2.33. The van der Waals surface area contributed by atoms with E-state index < -0.39 is 30.5 Å². The zero-order valence-electron chi connectivity index (χ0n) is 19.8. The number of hydrogen-bond donors (Lipinski definition) is 2. The smallest absolute Gasteiger partial charge is 0.480 e. The Hall–Kier alpha value is -2.57. The summed E-state index contributed by atoms with van der Waals surface area (Å²) in [5.74, 6) is -0.948. The molecule has 1 aliphatic carbocycles. The topological polar surface area (TPSA) is 88.9 Å². The van der Waals surface area contributed by atoms with Crippen LogP contribution in [0, 0.1) is 5.82 Å². The molecule has 8 nitrogen and oxygen atoms in total. The van der Waals surface area contributed by atoms with Gasteiger partial charge in [-0.05, 0) is 38.2 Å². The van der Waals surface area contributed by atoms with Crippen LogP contribution in [0.5, 0.6) is 5.75 Å². The highest BCUT2D eigenvalue weighted by atomic mass is 35.5. The Bertz CT molecular complexity index is 1140. The summed E-state index contributed by atoms with van der Waals surface area (Å²) in [6.07, 6.45) is -0.709. The number of hydrogen-bond acceptors (Lipinski definition) is 6. The van der Waals surface area contributed by atoms with E-state index in [9.17, 15) is 27.5 Å². The number of aliphatic hydroxyl groups excluding tert-OH is 1. The Kier molecular flexibility index (Phi) is 7.25. The van der Waals surface area contributed by atoms with Gasteiger partial charge in [-0.25, -0.2) is 4.39 Å². The second-order valence-electron chi connectivity index (χ2n) is 9.78. The van der Waals surface area contributed by atoms with Crippen molar-refractivity contribution in [2.75, 3.05) is 18.0 Å². The van der Waals surface area contributed by atoms with Crippen LogP contribution >= 0.6 is 11.6 Å². The van der Waals surface area contributed by atoms with Crippen molar-refractivity contribution in [3.05, 3.63) is 40.9 Å². The molecule has 0 unspecified atom stereocenters. The van der Waals surface area contributed by atoms with Gasteiger partial charge in [0.15, 0.2) is 6.10 Å². The summed E-state index contributed by atoms with van der Waals surface area (Å²) in [6, 6.07) is 2.42. The first kappa shape index (κ1) is 26.1. The number of carbonyl (C=O) groups excluding carboxylic acids is 1. The highest BCUT2D eigenvalue weighted by Crippen LogP contribution is 2.38. The number of alkyl halides is 3. The maximum Gasteiger partial charge on any atom is 0.522 e. The number of halogens is 5. The first-order valence-corrected chi connectivity index (χ1v) is 12.6. The number of aromatic nitrogens is 2. The SMILES string of the molecule is O=C(NC1CCC(n2cc(N3CC[C@@H](OC(F)(F)F)C3)cn2)CC1)[C@H]1C[C@@H](O)c2cc(Cl)c(F)cc2O1. The van der Waals surface area contributed by atoms with E-state index >= 15 is 0 Å². The second-order valence-corrected chi connectivity index (χ2v) is 10.2. The highest BCUT2D eigenvalue weighted by Gasteiger charge is 2.37. The van der Waals surface area contributed by atoms with Gasteiger partial charge in [0.1, 0.15) is 11.6 Å². The highest BCUT2D eigenvalue weighted by molar-refractivity contribution is 6.30. The molecule has 202 valence electrons. The molecule has 1 saturated heterocycles. The van der Waals surface area contributed by atoms with Gasteiger partial charge in [-0.15, -0.1) is 13.2 Å². The molecule has 1 amide bonds. The molecule has 2 fully saturated rings. The Morgan fingerprint density at radius 3 is 2.70 bits per heavy atom. The molecule has 1 aromatic carbocycles. The molecule has 1 aromatic heterocycles. The number of rotatable bonds is 5. The number of ether oxygens (including phenoxy) is 2. The third-order valence-electron chi connectivity index (χ3n) is 7.23. The average Bonchev–Trinajstić information content (AvgIpc) is 3.49. The van der Waals surface area contributed by atoms with Crippen LogP contribution in [0.15, 0.2) is 24.5 Å². The standard InChI is InChI=1S/C24H27ClF4N4O4/c25-18-7-17-20(34)9-22(36-21(17)8-19(18)26)23(35)31-13-1-3-14(4-2-13)33-11-15(10-30-33)32-6-5-16(12-32)37-24(27,28)29/h7-8,10-11,13-14,16,20,22,34H,1-6,9,12H2,(H,31,35)/t13?,14?,16-,20-,22-/m1/s1. The van der Waals surface area contributed by atoms with Crippen molar-refractivity contribution in [3.63, 3.8) is 0 Å². The fourth-order valence-corrected chi connectivity index (χ4v) is 5.49. The van der Waals surface area contributed by atoms with Crippen molar-refractivity contribution in [3.8, 4) is 5.75 Å². The van der Waals surface area contributed by atoms with E-state index in [2.05, 4.69) is 15.2 Å². The number of aliphatic hydroxyl groups is 1. The summed E-state index contributed by atoms with van der Waals surface area (Å²) < 4.78 is 62.9. The number of carbonyl (C=O) groups is 1. The molecule has 3 atom stereocenters. The van der Waals surface area contributed by atoms with Crippen molar-refractivity contribution < 1.29 is 36.9 Å². The van der Waals surface area contributed by atoms with Crippen molar-refractivity contribution in [1.29, 1.82) is 0 Å². The molecule has 13 heteroatoms. The number of anilines is 1. The van der Waals surface area contributed by atoms with Crippen molar-refractivity contribution >= 4 is 23.2 Å².